The summed E-state index contributed by atoms with van der Waals surface area (Å²) in [6.45, 7) is 3.63. The van der Waals surface area contributed by atoms with Gasteiger partial charge in [-0.15, -0.1) is 0 Å². The molecule has 1 amide bonds. The number of amides is 1. The average Bonchev–Trinajstić information content (AvgIpc) is 2.40. The topological polar surface area (TPSA) is 95.7 Å². The molecule has 0 atom stereocenters. The maximum atomic E-state index is 12.3. The Balaban J connectivity index is 2.81. The third-order valence-corrected chi connectivity index (χ3v) is 2.88. The molecule has 1 rings (SSSR count). The summed E-state index contributed by atoms with van der Waals surface area (Å²) in [5, 5.41) is 2.72. The van der Waals surface area contributed by atoms with Crippen LogP contribution in [-0.4, -0.2) is 31.4 Å². The zero-order valence-corrected chi connectivity index (χ0v) is 12.2. The lowest BCUT2D eigenvalue weighted by molar-refractivity contribution is -0.175. The van der Waals surface area contributed by atoms with E-state index in [-0.39, 0.29) is 12.5 Å². The second-order valence-corrected chi connectivity index (χ2v) is 4.80. The molecule has 20 heavy (non-hydrogen) atoms. The van der Waals surface area contributed by atoms with Crippen LogP contribution in [0.5, 0.6) is 0 Å². The average molecular weight is 283 g/mol. The van der Waals surface area contributed by atoms with Crippen LogP contribution >= 0.6 is 0 Å². The molecule has 0 aromatic carbocycles. The van der Waals surface area contributed by atoms with E-state index in [1.807, 2.05) is 0 Å². The molecule has 0 aliphatic carbocycles. The number of carbonyl (C=O) groups is 1. The van der Waals surface area contributed by atoms with Crippen molar-refractivity contribution in [2.45, 2.75) is 26.7 Å². The van der Waals surface area contributed by atoms with Gasteiger partial charge in [0.2, 0.25) is 5.91 Å². The van der Waals surface area contributed by atoms with Crippen molar-refractivity contribution in [3.8, 4) is 0 Å². The first-order valence-electron chi connectivity index (χ1n) is 6.10. The molecule has 0 saturated heterocycles. The molecule has 0 saturated carbocycles. The molecule has 112 valence electrons. The Morgan fingerprint density at radius 1 is 1.40 bits per heavy atom. The smallest absolute Gasteiger partial charge is 0.236 e. The molecule has 7 heteroatoms. The van der Waals surface area contributed by atoms with E-state index in [1.54, 1.807) is 32.0 Å². The molecule has 0 unspecified atom stereocenters. The van der Waals surface area contributed by atoms with Gasteiger partial charge in [0.1, 0.15) is 12.4 Å². The molecular weight excluding hydrogens is 262 g/mol. The maximum absolute atomic E-state index is 12.3. The molecule has 0 aliphatic rings. The minimum absolute atomic E-state index is 0.172. The number of hydrogen-bond donors (Lipinski definition) is 2. The number of pyridine rings is 1. The Morgan fingerprint density at radius 2 is 2.05 bits per heavy atom. The fourth-order valence-corrected chi connectivity index (χ4v) is 1.78. The molecule has 1 aromatic rings. The van der Waals surface area contributed by atoms with Gasteiger partial charge in [0.05, 0.1) is 11.1 Å². The predicted octanol–water partition coefficient (Wildman–Crippen LogP) is 1.06. The van der Waals surface area contributed by atoms with Gasteiger partial charge < -0.3 is 14.8 Å². The fourth-order valence-electron chi connectivity index (χ4n) is 1.78. The monoisotopic (exact) mass is 283 g/mol. The van der Waals surface area contributed by atoms with E-state index in [0.29, 0.717) is 11.5 Å². The van der Waals surface area contributed by atoms with Crippen LogP contribution in [-0.2, 0) is 25.7 Å². The lowest BCUT2D eigenvalue weighted by Gasteiger charge is -2.30. The van der Waals surface area contributed by atoms with Crippen LogP contribution in [0.3, 0.4) is 0 Å². The summed E-state index contributed by atoms with van der Waals surface area (Å²) >= 11 is 0. The zero-order valence-electron chi connectivity index (χ0n) is 12.2. The Hall–Kier alpha value is -1.54. The van der Waals surface area contributed by atoms with Gasteiger partial charge in [0.15, 0.2) is 6.29 Å². The van der Waals surface area contributed by atoms with E-state index in [0.717, 1.165) is 0 Å². The minimum Gasteiger partial charge on any atom is -0.355 e. The van der Waals surface area contributed by atoms with Crippen LogP contribution in [0.1, 0.15) is 19.5 Å². The van der Waals surface area contributed by atoms with Crippen molar-refractivity contribution >= 4 is 11.7 Å². The first-order chi connectivity index (χ1) is 9.45. The minimum atomic E-state index is -0.869. The number of methoxy groups -OCH3 is 2. The van der Waals surface area contributed by atoms with Gasteiger partial charge in [0.25, 0.3) is 0 Å². The maximum Gasteiger partial charge on any atom is 0.236 e. The molecule has 1 heterocycles. The summed E-state index contributed by atoms with van der Waals surface area (Å²) in [6, 6.07) is 5.19. The highest BCUT2D eigenvalue weighted by Gasteiger charge is 2.37. The normalized spacial score (nSPS) is 11.7. The Bertz CT molecular complexity index is 447. The standard InChI is InChI=1S/C13H21N3O4/c1-13(2,12(18-3)19-4)11(17)16-10-7-5-6-9(15-10)8-20-14/h5-7,12H,8,14H2,1-4H3,(H,15,16,17). The summed E-state index contributed by atoms with van der Waals surface area (Å²) < 4.78 is 10.3. The number of ether oxygens (including phenoxy) is 2. The fraction of sp³-hybridized carbons (Fsp3) is 0.538. The van der Waals surface area contributed by atoms with Gasteiger partial charge in [0, 0.05) is 14.2 Å². The van der Waals surface area contributed by atoms with E-state index in [4.69, 9.17) is 15.4 Å². The molecule has 0 aliphatic heterocycles. The van der Waals surface area contributed by atoms with E-state index in [2.05, 4.69) is 15.1 Å². The molecule has 0 fully saturated rings. The zero-order chi connectivity index (χ0) is 15.2. The number of carbonyl (C=O) groups excluding carboxylic acids is 1. The van der Waals surface area contributed by atoms with Gasteiger partial charge in [-0.1, -0.05) is 6.07 Å². The summed E-state index contributed by atoms with van der Waals surface area (Å²) in [4.78, 5) is 21.0. The van der Waals surface area contributed by atoms with Crippen molar-refractivity contribution < 1.29 is 19.1 Å². The Labute approximate surface area is 118 Å². The molecule has 0 bridgehead atoms. The molecule has 0 radical (unpaired) electrons. The van der Waals surface area contributed by atoms with Crippen LogP contribution in [0.2, 0.25) is 0 Å². The van der Waals surface area contributed by atoms with Crippen LogP contribution in [0.4, 0.5) is 5.82 Å². The van der Waals surface area contributed by atoms with E-state index in [1.165, 1.54) is 14.2 Å². The second-order valence-electron chi connectivity index (χ2n) is 4.80. The number of aromatic nitrogens is 1. The molecule has 7 nitrogen and oxygen atoms in total. The lowest BCUT2D eigenvalue weighted by atomic mass is 9.91. The van der Waals surface area contributed by atoms with Crippen molar-refractivity contribution in [2.24, 2.45) is 11.3 Å². The molecule has 1 aromatic heterocycles. The van der Waals surface area contributed by atoms with Gasteiger partial charge in [-0.2, -0.15) is 0 Å². The summed E-state index contributed by atoms with van der Waals surface area (Å²) in [7, 11) is 2.97. The Morgan fingerprint density at radius 3 is 2.60 bits per heavy atom. The van der Waals surface area contributed by atoms with Crippen LogP contribution in [0, 0.1) is 5.41 Å². The van der Waals surface area contributed by atoms with Crippen molar-refractivity contribution in [1.82, 2.24) is 4.98 Å². The summed E-state index contributed by atoms with van der Waals surface area (Å²) in [5.41, 5.74) is -0.246. The number of anilines is 1. The van der Waals surface area contributed by atoms with Crippen LogP contribution in [0.15, 0.2) is 18.2 Å². The number of nitrogens with one attached hydrogen (secondary N) is 1. The summed E-state index contributed by atoms with van der Waals surface area (Å²) in [6.07, 6.45) is -0.655. The first-order valence-corrected chi connectivity index (χ1v) is 6.10. The van der Waals surface area contributed by atoms with Crippen LogP contribution in [0.25, 0.3) is 0 Å². The van der Waals surface area contributed by atoms with Gasteiger partial charge in [-0.3, -0.25) is 9.63 Å². The largest absolute Gasteiger partial charge is 0.355 e. The highest BCUT2D eigenvalue weighted by molar-refractivity contribution is 5.94. The molecule has 3 N–H and O–H groups in total. The van der Waals surface area contributed by atoms with Crippen LogP contribution < -0.4 is 11.2 Å². The third kappa shape index (κ3) is 3.97. The van der Waals surface area contributed by atoms with E-state index < -0.39 is 11.7 Å². The van der Waals surface area contributed by atoms with E-state index in [9.17, 15) is 4.79 Å². The van der Waals surface area contributed by atoms with Crippen molar-refractivity contribution in [2.75, 3.05) is 19.5 Å². The van der Waals surface area contributed by atoms with Gasteiger partial charge >= 0.3 is 0 Å². The summed E-state index contributed by atoms with van der Waals surface area (Å²) in [5.74, 6) is 5.16. The van der Waals surface area contributed by atoms with Crippen molar-refractivity contribution in [3.05, 3.63) is 23.9 Å². The highest BCUT2D eigenvalue weighted by atomic mass is 16.7. The van der Waals surface area contributed by atoms with Crippen molar-refractivity contribution in [3.63, 3.8) is 0 Å². The highest BCUT2D eigenvalue weighted by Crippen LogP contribution is 2.25. The molecular formula is C13H21N3O4. The quantitative estimate of drug-likeness (QED) is 0.573. The number of rotatable bonds is 7. The van der Waals surface area contributed by atoms with Gasteiger partial charge in [-0.05, 0) is 26.0 Å². The van der Waals surface area contributed by atoms with Gasteiger partial charge in [-0.25, -0.2) is 10.9 Å². The predicted molar refractivity (Wildman–Crippen MR) is 73.4 cm³/mol. The third-order valence-electron chi connectivity index (χ3n) is 2.88. The SMILES string of the molecule is COC(OC)C(C)(C)C(=O)Nc1cccc(CON)n1. The van der Waals surface area contributed by atoms with E-state index >= 15 is 0 Å². The van der Waals surface area contributed by atoms with Crippen molar-refractivity contribution in [1.29, 1.82) is 0 Å². The first kappa shape index (κ1) is 16.5. The molecule has 0 spiro atoms. The lowest BCUT2D eigenvalue weighted by Crippen LogP contribution is -2.43. The second kappa shape index (κ2) is 7.30. The number of nitrogens with two attached hydrogens (primary N) is 1. The number of nitrogens with zero attached hydrogens (tertiary/aromatic N) is 1. The Kier molecular flexibility index (Phi) is 6.03. The number of hydrogen-bond acceptors (Lipinski definition) is 6.